The SMILES string of the molecule is COc1ccncc1-c1cc2c(cnn2-c2cc(N3C[C@H](CS(C)(=O)=O)[C@H]3C)cc(-c3c(C)cnn3C)n2)c(C)n1. The molecule has 0 aromatic carbocycles. The van der Waals surface area contributed by atoms with Gasteiger partial charge >= 0.3 is 0 Å². The number of methoxy groups -OCH3 is 1. The van der Waals surface area contributed by atoms with E-state index in [1.807, 2.05) is 60.7 Å². The molecule has 12 heteroatoms. The van der Waals surface area contributed by atoms with Crippen LogP contribution in [0.5, 0.6) is 5.75 Å². The molecular formula is C29H32N8O3S. The first-order valence-electron chi connectivity index (χ1n) is 13.3. The van der Waals surface area contributed by atoms with Crippen molar-refractivity contribution in [1.29, 1.82) is 0 Å². The minimum atomic E-state index is -3.07. The lowest BCUT2D eigenvalue weighted by Crippen LogP contribution is -2.57. The third-order valence-electron chi connectivity index (χ3n) is 7.87. The average Bonchev–Trinajstić information content (AvgIpc) is 3.52. The Morgan fingerprint density at radius 3 is 2.54 bits per heavy atom. The molecule has 11 nitrogen and oxygen atoms in total. The van der Waals surface area contributed by atoms with Crippen LogP contribution in [0.4, 0.5) is 5.69 Å². The van der Waals surface area contributed by atoms with Gasteiger partial charge in [0, 0.05) is 67.0 Å². The Bertz CT molecular complexity index is 1880. The first-order chi connectivity index (χ1) is 19.5. The Morgan fingerprint density at radius 2 is 1.85 bits per heavy atom. The summed E-state index contributed by atoms with van der Waals surface area (Å²) in [5.74, 6) is 1.57. The highest BCUT2D eigenvalue weighted by Crippen LogP contribution is 2.37. The van der Waals surface area contributed by atoms with Crippen molar-refractivity contribution in [3.63, 3.8) is 0 Å². The molecule has 6 rings (SSSR count). The van der Waals surface area contributed by atoms with Crippen molar-refractivity contribution in [2.24, 2.45) is 13.0 Å². The fraction of sp³-hybridized carbons (Fsp3) is 0.345. The molecule has 0 bridgehead atoms. The maximum Gasteiger partial charge on any atom is 0.156 e. The topological polar surface area (TPSA) is 121 Å². The van der Waals surface area contributed by atoms with Crippen LogP contribution >= 0.6 is 0 Å². The van der Waals surface area contributed by atoms with E-state index in [9.17, 15) is 8.42 Å². The van der Waals surface area contributed by atoms with E-state index in [4.69, 9.17) is 19.8 Å². The minimum absolute atomic E-state index is 0.0610. The van der Waals surface area contributed by atoms with E-state index in [0.717, 1.165) is 50.5 Å². The summed E-state index contributed by atoms with van der Waals surface area (Å²) < 4.78 is 33.2. The maximum atomic E-state index is 12.0. The standard InChI is InChI=1S/C29H32N8O3S/c1-17-12-31-35(4)29(17)25-9-21(36-15-20(19(36)3)16-41(6,38)39)10-28(34-25)37-26-11-24(33-18(2)22(26)14-32-37)23-13-30-8-7-27(23)40-5/h7-14,19-20H,15-16H2,1-6H3/t19-,20-/m1/s1. The van der Waals surface area contributed by atoms with Crippen molar-refractivity contribution in [2.75, 3.05) is 30.6 Å². The van der Waals surface area contributed by atoms with E-state index < -0.39 is 9.84 Å². The molecule has 1 aliphatic rings. The number of anilines is 1. The lowest BCUT2D eigenvalue weighted by molar-refractivity contribution is 0.341. The number of pyridine rings is 3. The number of fused-ring (bicyclic) bond motifs is 1. The summed E-state index contributed by atoms with van der Waals surface area (Å²) in [6.45, 7) is 6.69. The highest BCUT2D eigenvalue weighted by atomic mass is 32.2. The molecule has 6 heterocycles. The maximum absolute atomic E-state index is 12.0. The van der Waals surface area contributed by atoms with Crippen molar-refractivity contribution in [3.05, 3.63) is 60.3 Å². The number of aromatic nitrogens is 7. The fourth-order valence-corrected chi connectivity index (χ4v) is 6.83. The van der Waals surface area contributed by atoms with E-state index >= 15 is 0 Å². The zero-order valence-electron chi connectivity index (χ0n) is 23.9. The molecule has 1 aliphatic heterocycles. The van der Waals surface area contributed by atoms with E-state index in [0.29, 0.717) is 18.1 Å². The summed E-state index contributed by atoms with van der Waals surface area (Å²) in [6.07, 6.45) is 8.36. The van der Waals surface area contributed by atoms with Gasteiger partial charge in [0.1, 0.15) is 15.6 Å². The lowest BCUT2D eigenvalue weighted by atomic mass is 9.91. The molecule has 5 aromatic heterocycles. The Kier molecular flexibility index (Phi) is 6.52. The van der Waals surface area contributed by atoms with Crippen LogP contribution in [0.15, 0.2) is 49.1 Å². The van der Waals surface area contributed by atoms with Crippen LogP contribution in [0.2, 0.25) is 0 Å². The van der Waals surface area contributed by atoms with Crippen LogP contribution < -0.4 is 9.64 Å². The van der Waals surface area contributed by atoms with Crippen molar-refractivity contribution in [1.82, 2.24) is 34.5 Å². The molecular weight excluding hydrogens is 540 g/mol. The van der Waals surface area contributed by atoms with Gasteiger partial charge in [-0.15, -0.1) is 0 Å². The molecule has 41 heavy (non-hydrogen) atoms. The van der Waals surface area contributed by atoms with Crippen molar-refractivity contribution < 1.29 is 13.2 Å². The van der Waals surface area contributed by atoms with Crippen molar-refractivity contribution >= 4 is 26.4 Å². The fourth-order valence-electron chi connectivity index (χ4n) is 5.67. The number of nitrogens with zero attached hydrogens (tertiary/aromatic N) is 8. The highest BCUT2D eigenvalue weighted by molar-refractivity contribution is 7.90. The molecule has 0 radical (unpaired) electrons. The summed E-state index contributed by atoms with van der Waals surface area (Å²) in [5.41, 5.74) is 6.81. The predicted molar refractivity (Wildman–Crippen MR) is 158 cm³/mol. The van der Waals surface area contributed by atoms with Crippen LogP contribution in [0, 0.1) is 19.8 Å². The average molecular weight is 573 g/mol. The van der Waals surface area contributed by atoms with Crippen LogP contribution in [-0.2, 0) is 16.9 Å². The van der Waals surface area contributed by atoms with Crippen molar-refractivity contribution in [3.8, 4) is 34.2 Å². The molecule has 1 fully saturated rings. The number of rotatable bonds is 7. The predicted octanol–water partition coefficient (Wildman–Crippen LogP) is 3.77. The number of hydrogen-bond donors (Lipinski definition) is 0. The van der Waals surface area contributed by atoms with E-state index in [-0.39, 0.29) is 17.7 Å². The lowest BCUT2D eigenvalue weighted by Gasteiger charge is -2.48. The molecule has 1 saturated heterocycles. The van der Waals surface area contributed by atoms with Gasteiger partial charge in [-0.05, 0) is 44.5 Å². The third kappa shape index (κ3) is 4.82. The molecule has 0 saturated carbocycles. The minimum Gasteiger partial charge on any atom is -0.496 e. The summed E-state index contributed by atoms with van der Waals surface area (Å²) in [4.78, 5) is 16.4. The Hall–Kier alpha value is -4.32. The molecule has 0 N–H and O–H groups in total. The Balaban J connectivity index is 1.50. The van der Waals surface area contributed by atoms with E-state index in [2.05, 4.69) is 21.9 Å². The number of sulfone groups is 1. The molecule has 5 aromatic rings. The summed E-state index contributed by atoms with van der Waals surface area (Å²) >= 11 is 0. The van der Waals surface area contributed by atoms with Crippen LogP contribution in [0.1, 0.15) is 18.2 Å². The Morgan fingerprint density at radius 1 is 1.05 bits per heavy atom. The number of ether oxygens (including phenoxy) is 1. The normalized spacial score (nSPS) is 17.2. The first kappa shape index (κ1) is 26.9. The summed E-state index contributed by atoms with van der Waals surface area (Å²) in [6, 6.07) is 7.91. The van der Waals surface area contributed by atoms with Gasteiger partial charge in [-0.3, -0.25) is 14.6 Å². The van der Waals surface area contributed by atoms with Gasteiger partial charge in [0.15, 0.2) is 5.82 Å². The quantitative estimate of drug-likeness (QED) is 0.287. The van der Waals surface area contributed by atoms with Gasteiger partial charge in [0.05, 0.1) is 53.4 Å². The Labute approximate surface area is 238 Å². The molecule has 0 aliphatic carbocycles. The van der Waals surface area contributed by atoms with Gasteiger partial charge in [-0.2, -0.15) is 10.2 Å². The van der Waals surface area contributed by atoms with E-state index in [1.54, 1.807) is 25.7 Å². The van der Waals surface area contributed by atoms with Gasteiger partial charge in [0.2, 0.25) is 0 Å². The zero-order chi connectivity index (χ0) is 29.1. The second-order valence-electron chi connectivity index (χ2n) is 10.8. The first-order valence-corrected chi connectivity index (χ1v) is 15.4. The van der Waals surface area contributed by atoms with Crippen LogP contribution in [-0.4, -0.2) is 74.6 Å². The van der Waals surface area contributed by atoms with Gasteiger partial charge in [0.25, 0.3) is 0 Å². The second-order valence-corrected chi connectivity index (χ2v) is 13.0. The summed E-state index contributed by atoms with van der Waals surface area (Å²) in [7, 11) is 0.462. The number of hydrogen-bond acceptors (Lipinski definition) is 9. The largest absolute Gasteiger partial charge is 0.496 e. The third-order valence-corrected chi connectivity index (χ3v) is 8.90. The number of aryl methyl sites for hydroxylation is 3. The molecule has 0 amide bonds. The van der Waals surface area contributed by atoms with Crippen LogP contribution in [0.25, 0.3) is 39.4 Å². The highest BCUT2D eigenvalue weighted by Gasteiger charge is 2.38. The monoisotopic (exact) mass is 572 g/mol. The molecule has 0 unspecified atom stereocenters. The van der Waals surface area contributed by atoms with Gasteiger partial charge < -0.3 is 9.64 Å². The zero-order valence-corrected chi connectivity index (χ0v) is 24.7. The summed E-state index contributed by atoms with van der Waals surface area (Å²) in [5, 5.41) is 10.1. The smallest absolute Gasteiger partial charge is 0.156 e. The second kappa shape index (κ2) is 9.95. The van der Waals surface area contributed by atoms with Crippen molar-refractivity contribution in [2.45, 2.75) is 26.8 Å². The van der Waals surface area contributed by atoms with Crippen LogP contribution in [0.3, 0.4) is 0 Å². The molecule has 212 valence electrons. The molecule has 2 atom stereocenters. The van der Waals surface area contributed by atoms with Gasteiger partial charge in [-0.1, -0.05) is 0 Å². The van der Waals surface area contributed by atoms with Gasteiger partial charge in [-0.25, -0.2) is 18.1 Å². The molecule has 0 spiro atoms. The van der Waals surface area contributed by atoms with E-state index in [1.165, 1.54) is 6.26 Å².